The number of nitrogens with zero attached hydrogens (tertiary/aromatic N) is 5. The van der Waals surface area contributed by atoms with E-state index in [1.807, 2.05) is 49.4 Å². The summed E-state index contributed by atoms with van der Waals surface area (Å²) in [6.07, 6.45) is 2.17. The van der Waals surface area contributed by atoms with E-state index in [1.54, 1.807) is 16.9 Å². The zero-order valence-corrected chi connectivity index (χ0v) is 18.7. The molecule has 0 fully saturated rings. The van der Waals surface area contributed by atoms with E-state index in [2.05, 4.69) is 41.3 Å². The number of rotatable bonds is 4. The molecule has 3 heterocycles. The van der Waals surface area contributed by atoms with Crippen molar-refractivity contribution < 1.29 is 9.59 Å². The van der Waals surface area contributed by atoms with Gasteiger partial charge in [-0.1, -0.05) is 39.0 Å². The number of hydrogen-bond donors (Lipinski definition) is 1. The third kappa shape index (κ3) is 4.44. The summed E-state index contributed by atoms with van der Waals surface area (Å²) < 4.78 is 1.62. The predicted molar refractivity (Wildman–Crippen MR) is 124 cm³/mol. The first-order valence-corrected chi connectivity index (χ1v) is 10.5. The lowest BCUT2D eigenvalue weighted by molar-refractivity contribution is -0.118. The highest BCUT2D eigenvalue weighted by atomic mass is 16.2. The van der Waals surface area contributed by atoms with Gasteiger partial charge < -0.3 is 5.32 Å². The molecular formula is C24H26N6O2. The maximum absolute atomic E-state index is 13.1. The van der Waals surface area contributed by atoms with Gasteiger partial charge in [-0.3, -0.25) is 9.59 Å². The van der Waals surface area contributed by atoms with Crippen LogP contribution in [0.5, 0.6) is 0 Å². The van der Waals surface area contributed by atoms with E-state index in [4.69, 9.17) is 0 Å². The number of aryl methyl sites for hydroxylation is 1. The molecule has 0 atom stereocenters. The maximum atomic E-state index is 13.1. The van der Waals surface area contributed by atoms with E-state index in [1.165, 1.54) is 5.01 Å². The number of carbonyl (C=O) groups is 2. The summed E-state index contributed by atoms with van der Waals surface area (Å²) in [5.74, 6) is 0.592. The molecule has 2 aromatic heterocycles. The lowest BCUT2D eigenvalue weighted by atomic mass is 9.92. The zero-order valence-electron chi connectivity index (χ0n) is 18.7. The van der Waals surface area contributed by atoms with Gasteiger partial charge in [-0.05, 0) is 36.8 Å². The highest BCUT2D eigenvalue weighted by Crippen LogP contribution is 2.26. The molecule has 4 rings (SSSR count). The standard InChI is InChI=1S/C24H26N6O2/c1-16-8-7-9-17(14-16)29-22(31)12-11-18(27-29)23(32)26-21-15-19(24(2,3)4)28-30(21)20-10-5-6-13-25-20/h5-10,13-15H,11-12H2,1-4H3,(H,26,32). The van der Waals surface area contributed by atoms with Crippen LogP contribution in [0, 0.1) is 6.92 Å². The van der Waals surface area contributed by atoms with Crippen molar-refractivity contribution in [3.8, 4) is 5.82 Å². The van der Waals surface area contributed by atoms with Crippen LogP contribution in [-0.4, -0.2) is 32.3 Å². The molecule has 0 spiro atoms. The van der Waals surface area contributed by atoms with E-state index >= 15 is 0 Å². The van der Waals surface area contributed by atoms with Gasteiger partial charge in [0.15, 0.2) is 5.82 Å². The van der Waals surface area contributed by atoms with Crippen LogP contribution in [0.2, 0.25) is 0 Å². The SMILES string of the molecule is Cc1cccc(N2N=C(C(=O)Nc3cc(C(C)(C)C)nn3-c3ccccn3)CCC2=O)c1. The fourth-order valence-corrected chi connectivity index (χ4v) is 3.36. The molecule has 32 heavy (non-hydrogen) atoms. The number of amides is 2. The average molecular weight is 431 g/mol. The first-order chi connectivity index (χ1) is 15.2. The van der Waals surface area contributed by atoms with Gasteiger partial charge in [0.05, 0.1) is 11.4 Å². The summed E-state index contributed by atoms with van der Waals surface area (Å²) in [6.45, 7) is 8.11. The second-order valence-electron chi connectivity index (χ2n) is 8.81. The molecular weight excluding hydrogens is 404 g/mol. The summed E-state index contributed by atoms with van der Waals surface area (Å²) >= 11 is 0. The van der Waals surface area contributed by atoms with Crippen molar-refractivity contribution in [3.05, 3.63) is 66.0 Å². The summed E-state index contributed by atoms with van der Waals surface area (Å²) in [5.41, 5.74) is 2.55. The second-order valence-corrected chi connectivity index (χ2v) is 8.81. The first kappa shape index (κ1) is 21.4. The molecule has 8 nitrogen and oxygen atoms in total. The van der Waals surface area contributed by atoms with Crippen molar-refractivity contribution in [2.24, 2.45) is 5.10 Å². The van der Waals surface area contributed by atoms with Crippen LogP contribution in [0.25, 0.3) is 5.82 Å². The van der Waals surface area contributed by atoms with Crippen molar-refractivity contribution in [1.29, 1.82) is 0 Å². The Morgan fingerprint density at radius 3 is 2.56 bits per heavy atom. The van der Waals surface area contributed by atoms with Gasteiger partial charge in [0.25, 0.3) is 5.91 Å². The van der Waals surface area contributed by atoms with Gasteiger partial charge in [-0.25, -0.2) is 9.99 Å². The molecule has 0 saturated heterocycles. The second kappa shape index (κ2) is 8.37. The van der Waals surface area contributed by atoms with Crippen LogP contribution in [0.3, 0.4) is 0 Å². The summed E-state index contributed by atoms with van der Waals surface area (Å²) in [7, 11) is 0. The number of hydrogen-bond acceptors (Lipinski definition) is 5. The number of anilines is 2. The highest BCUT2D eigenvalue weighted by molar-refractivity contribution is 6.44. The predicted octanol–water partition coefficient (Wildman–Crippen LogP) is 3.99. The third-order valence-corrected chi connectivity index (χ3v) is 5.13. The van der Waals surface area contributed by atoms with Crippen LogP contribution in [0.4, 0.5) is 11.5 Å². The van der Waals surface area contributed by atoms with Crippen molar-refractivity contribution in [2.75, 3.05) is 10.3 Å². The minimum atomic E-state index is -0.368. The van der Waals surface area contributed by atoms with E-state index < -0.39 is 0 Å². The number of hydrazone groups is 1. The van der Waals surface area contributed by atoms with E-state index in [0.29, 0.717) is 17.3 Å². The number of nitrogens with one attached hydrogen (secondary N) is 1. The molecule has 164 valence electrons. The molecule has 0 radical (unpaired) electrons. The lowest BCUT2D eigenvalue weighted by Crippen LogP contribution is -2.36. The van der Waals surface area contributed by atoms with Gasteiger partial charge in [0.2, 0.25) is 5.91 Å². The normalized spacial score (nSPS) is 14.3. The minimum absolute atomic E-state index is 0.138. The maximum Gasteiger partial charge on any atom is 0.273 e. The minimum Gasteiger partial charge on any atom is -0.305 e. The lowest BCUT2D eigenvalue weighted by Gasteiger charge is -2.23. The Morgan fingerprint density at radius 2 is 1.88 bits per heavy atom. The molecule has 1 aromatic carbocycles. The molecule has 0 bridgehead atoms. The van der Waals surface area contributed by atoms with Crippen molar-refractivity contribution in [2.45, 2.75) is 46.0 Å². The molecule has 1 aliphatic rings. The van der Waals surface area contributed by atoms with Gasteiger partial charge in [-0.2, -0.15) is 14.9 Å². The Labute approximate surface area is 187 Å². The van der Waals surface area contributed by atoms with Gasteiger partial charge >= 0.3 is 0 Å². The van der Waals surface area contributed by atoms with Gasteiger partial charge in [-0.15, -0.1) is 0 Å². The van der Waals surface area contributed by atoms with Crippen LogP contribution >= 0.6 is 0 Å². The molecule has 0 unspecified atom stereocenters. The Bertz CT molecular complexity index is 1190. The average Bonchev–Trinajstić information content (AvgIpc) is 3.19. The van der Waals surface area contributed by atoms with Crippen LogP contribution in [0.15, 0.2) is 59.8 Å². The smallest absolute Gasteiger partial charge is 0.273 e. The molecule has 2 amide bonds. The van der Waals surface area contributed by atoms with Gasteiger partial charge in [0.1, 0.15) is 11.5 Å². The largest absolute Gasteiger partial charge is 0.305 e. The number of benzene rings is 1. The fraction of sp³-hybridized carbons (Fsp3) is 0.292. The summed E-state index contributed by atoms with van der Waals surface area (Å²) in [5, 5.41) is 13.3. The van der Waals surface area contributed by atoms with E-state index in [0.717, 1.165) is 11.3 Å². The molecule has 0 aliphatic carbocycles. The fourth-order valence-electron chi connectivity index (χ4n) is 3.36. The van der Waals surface area contributed by atoms with Crippen LogP contribution in [-0.2, 0) is 15.0 Å². The quantitative estimate of drug-likeness (QED) is 0.677. The third-order valence-electron chi connectivity index (χ3n) is 5.13. The summed E-state index contributed by atoms with van der Waals surface area (Å²) in [6, 6.07) is 14.8. The van der Waals surface area contributed by atoms with E-state index in [-0.39, 0.29) is 35.8 Å². The monoisotopic (exact) mass is 430 g/mol. The Kier molecular flexibility index (Phi) is 5.61. The topological polar surface area (TPSA) is 92.5 Å². The van der Waals surface area contributed by atoms with Crippen LogP contribution < -0.4 is 10.3 Å². The molecule has 3 aromatic rings. The first-order valence-electron chi connectivity index (χ1n) is 10.5. The van der Waals surface area contributed by atoms with E-state index in [9.17, 15) is 9.59 Å². The van der Waals surface area contributed by atoms with Gasteiger partial charge in [0, 0.05) is 30.5 Å². The van der Waals surface area contributed by atoms with Crippen LogP contribution in [0.1, 0.15) is 44.9 Å². The zero-order chi connectivity index (χ0) is 22.9. The Hall–Kier alpha value is -3.81. The van der Waals surface area contributed by atoms with Crippen molar-refractivity contribution in [3.63, 3.8) is 0 Å². The number of aromatic nitrogens is 3. The number of carbonyl (C=O) groups excluding carboxylic acids is 2. The molecule has 1 aliphatic heterocycles. The molecule has 1 N–H and O–H groups in total. The number of pyridine rings is 1. The summed E-state index contributed by atoms with van der Waals surface area (Å²) in [4.78, 5) is 29.9. The molecule has 0 saturated carbocycles. The van der Waals surface area contributed by atoms with Crippen molar-refractivity contribution in [1.82, 2.24) is 14.8 Å². The van der Waals surface area contributed by atoms with Crippen molar-refractivity contribution >= 4 is 29.0 Å². The Morgan fingerprint density at radius 1 is 1.06 bits per heavy atom. The molecule has 8 heteroatoms. The highest BCUT2D eigenvalue weighted by Gasteiger charge is 2.27. The Balaban J connectivity index is 1.65.